The van der Waals surface area contributed by atoms with Gasteiger partial charge >= 0.3 is 0 Å². The highest BCUT2D eigenvalue weighted by atomic mass is 16.3. The van der Waals surface area contributed by atoms with Crippen molar-refractivity contribution < 1.29 is 4.42 Å². The number of likely N-dealkylation sites (tertiary alicyclic amines) is 1. The maximum Gasteiger partial charge on any atom is 0.191 e. The van der Waals surface area contributed by atoms with Crippen LogP contribution in [0, 0.1) is 0 Å². The number of rotatable bonds is 9. The minimum Gasteiger partial charge on any atom is -0.468 e. The minimum absolute atomic E-state index is 0.148. The molecule has 0 radical (unpaired) electrons. The van der Waals surface area contributed by atoms with Gasteiger partial charge < -0.3 is 20.0 Å². The Morgan fingerprint density at radius 3 is 2.88 bits per heavy atom. The van der Waals surface area contributed by atoms with Gasteiger partial charge in [-0.25, -0.2) is 0 Å². The Hall–Kier alpha value is -1.53. The van der Waals surface area contributed by atoms with E-state index in [0.717, 1.165) is 37.3 Å². The quantitative estimate of drug-likeness (QED) is 0.401. The molecule has 0 aromatic carbocycles. The highest BCUT2D eigenvalue weighted by Gasteiger charge is 2.18. The number of guanidine groups is 1. The van der Waals surface area contributed by atoms with Crippen molar-refractivity contribution in [1.82, 2.24) is 20.4 Å². The van der Waals surface area contributed by atoms with Crippen LogP contribution in [-0.4, -0.2) is 68.6 Å². The van der Waals surface area contributed by atoms with Crippen LogP contribution >= 0.6 is 0 Å². The molecule has 0 amide bonds. The van der Waals surface area contributed by atoms with Crippen molar-refractivity contribution in [3.8, 4) is 0 Å². The van der Waals surface area contributed by atoms with E-state index in [2.05, 4.69) is 48.4 Å². The van der Waals surface area contributed by atoms with Crippen LogP contribution in [0.3, 0.4) is 0 Å². The van der Waals surface area contributed by atoms with Crippen molar-refractivity contribution in [2.75, 3.05) is 46.8 Å². The van der Waals surface area contributed by atoms with Crippen molar-refractivity contribution in [3.05, 3.63) is 24.2 Å². The van der Waals surface area contributed by atoms with E-state index in [9.17, 15) is 0 Å². The lowest BCUT2D eigenvalue weighted by Crippen LogP contribution is -2.41. The SMILES string of the molecule is CCNC(=NCC(c1ccco1)N(C)C)NCCCN1CCCCC1C. The van der Waals surface area contributed by atoms with Gasteiger partial charge in [-0.3, -0.25) is 9.89 Å². The zero-order chi connectivity index (χ0) is 18.8. The first-order valence-electron chi connectivity index (χ1n) is 10.1. The molecule has 6 heteroatoms. The predicted octanol–water partition coefficient (Wildman–Crippen LogP) is 2.70. The van der Waals surface area contributed by atoms with E-state index in [1.165, 1.54) is 32.4 Å². The summed E-state index contributed by atoms with van der Waals surface area (Å²) in [4.78, 5) is 9.53. The standard InChI is InChI=1S/C20H37N5O/c1-5-21-20(22-12-9-14-25-13-7-6-10-17(25)2)23-16-18(24(3)4)19-11-8-15-26-19/h8,11,15,17-18H,5-7,9-10,12-14,16H2,1-4H3,(H2,21,22,23). The fraction of sp³-hybridized carbons (Fsp3) is 0.750. The van der Waals surface area contributed by atoms with Gasteiger partial charge in [-0.1, -0.05) is 6.42 Å². The summed E-state index contributed by atoms with van der Waals surface area (Å²) in [5.41, 5.74) is 0. The zero-order valence-electron chi connectivity index (χ0n) is 17.0. The lowest BCUT2D eigenvalue weighted by molar-refractivity contribution is 0.159. The van der Waals surface area contributed by atoms with Gasteiger partial charge in [-0.2, -0.15) is 0 Å². The van der Waals surface area contributed by atoms with Crippen molar-refractivity contribution >= 4 is 5.96 Å². The molecule has 1 saturated heterocycles. The van der Waals surface area contributed by atoms with Crippen LogP contribution in [0.15, 0.2) is 27.8 Å². The molecule has 6 nitrogen and oxygen atoms in total. The normalized spacial score (nSPS) is 20.3. The van der Waals surface area contributed by atoms with Gasteiger partial charge in [0.1, 0.15) is 5.76 Å². The van der Waals surface area contributed by atoms with Gasteiger partial charge in [0.05, 0.1) is 18.8 Å². The zero-order valence-corrected chi connectivity index (χ0v) is 17.0. The third-order valence-corrected chi connectivity index (χ3v) is 5.12. The Labute approximate surface area is 159 Å². The first-order valence-corrected chi connectivity index (χ1v) is 10.1. The number of piperidine rings is 1. The number of aliphatic imine (C=N–C) groups is 1. The van der Waals surface area contributed by atoms with Crippen molar-refractivity contribution in [2.45, 2.75) is 51.6 Å². The monoisotopic (exact) mass is 363 g/mol. The summed E-state index contributed by atoms with van der Waals surface area (Å²) in [6, 6.07) is 4.83. The Bertz CT molecular complexity index is 514. The minimum atomic E-state index is 0.148. The van der Waals surface area contributed by atoms with E-state index in [-0.39, 0.29) is 6.04 Å². The van der Waals surface area contributed by atoms with Crippen LogP contribution in [-0.2, 0) is 0 Å². The summed E-state index contributed by atoms with van der Waals surface area (Å²) < 4.78 is 5.57. The summed E-state index contributed by atoms with van der Waals surface area (Å²) in [6.07, 6.45) is 6.94. The van der Waals surface area contributed by atoms with Gasteiger partial charge in [0.25, 0.3) is 0 Å². The molecule has 0 saturated carbocycles. The second-order valence-electron chi connectivity index (χ2n) is 7.38. The molecular weight excluding hydrogens is 326 g/mol. The molecular formula is C20H37N5O. The Kier molecular flexibility index (Phi) is 8.98. The molecule has 1 fully saturated rings. The molecule has 0 aliphatic carbocycles. The first kappa shape index (κ1) is 20.8. The average Bonchev–Trinajstić information content (AvgIpc) is 3.14. The van der Waals surface area contributed by atoms with E-state index < -0.39 is 0 Å². The van der Waals surface area contributed by atoms with Crippen molar-refractivity contribution in [2.24, 2.45) is 4.99 Å². The predicted molar refractivity (Wildman–Crippen MR) is 109 cm³/mol. The maximum atomic E-state index is 5.57. The second kappa shape index (κ2) is 11.2. The largest absolute Gasteiger partial charge is 0.468 e. The van der Waals surface area contributed by atoms with E-state index in [0.29, 0.717) is 6.54 Å². The Morgan fingerprint density at radius 2 is 2.23 bits per heavy atom. The van der Waals surface area contributed by atoms with Gasteiger partial charge in [0.2, 0.25) is 0 Å². The Morgan fingerprint density at radius 1 is 1.38 bits per heavy atom. The number of nitrogens with one attached hydrogen (secondary N) is 2. The summed E-state index contributed by atoms with van der Waals surface area (Å²) in [6.45, 7) is 9.35. The van der Waals surface area contributed by atoms with Crippen LogP contribution in [0.2, 0.25) is 0 Å². The van der Waals surface area contributed by atoms with E-state index in [1.807, 2.05) is 12.1 Å². The number of likely N-dealkylation sites (N-methyl/N-ethyl adjacent to an activating group) is 1. The maximum absolute atomic E-state index is 5.57. The highest BCUT2D eigenvalue weighted by Crippen LogP contribution is 2.19. The van der Waals surface area contributed by atoms with Crippen LogP contribution in [0.25, 0.3) is 0 Å². The topological polar surface area (TPSA) is 56.0 Å². The number of furan rings is 1. The van der Waals surface area contributed by atoms with Crippen LogP contribution in [0.5, 0.6) is 0 Å². The third kappa shape index (κ3) is 6.65. The molecule has 1 aliphatic heterocycles. The highest BCUT2D eigenvalue weighted by molar-refractivity contribution is 5.79. The van der Waals surface area contributed by atoms with Gasteiger partial charge in [0, 0.05) is 25.7 Å². The molecule has 0 bridgehead atoms. The van der Waals surface area contributed by atoms with Crippen LogP contribution < -0.4 is 10.6 Å². The molecule has 26 heavy (non-hydrogen) atoms. The van der Waals surface area contributed by atoms with Crippen LogP contribution in [0.1, 0.15) is 51.3 Å². The van der Waals surface area contributed by atoms with Crippen LogP contribution in [0.4, 0.5) is 0 Å². The molecule has 2 heterocycles. The van der Waals surface area contributed by atoms with E-state index >= 15 is 0 Å². The molecule has 2 atom stereocenters. The molecule has 2 N–H and O–H groups in total. The molecule has 2 unspecified atom stereocenters. The smallest absolute Gasteiger partial charge is 0.191 e. The number of hydrogen-bond donors (Lipinski definition) is 2. The summed E-state index contributed by atoms with van der Waals surface area (Å²) in [5, 5.41) is 6.82. The average molecular weight is 364 g/mol. The number of nitrogens with zero attached hydrogens (tertiary/aromatic N) is 3. The van der Waals surface area contributed by atoms with Crippen molar-refractivity contribution in [3.63, 3.8) is 0 Å². The summed E-state index contributed by atoms with van der Waals surface area (Å²) in [5.74, 6) is 1.84. The van der Waals surface area contributed by atoms with Gasteiger partial charge in [-0.05, 0) is 65.9 Å². The van der Waals surface area contributed by atoms with Crippen molar-refractivity contribution in [1.29, 1.82) is 0 Å². The van der Waals surface area contributed by atoms with Gasteiger partial charge in [0.15, 0.2) is 5.96 Å². The van der Waals surface area contributed by atoms with E-state index in [1.54, 1.807) is 6.26 Å². The second-order valence-corrected chi connectivity index (χ2v) is 7.38. The Balaban J connectivity index is 1.80. The van der Waals surface area contributed by atoms with E-state index in [4.69, 9.17) is 9.41 Å². The molecule has 1 aromatic rings. The summed E-state index contributed by atoms with van der Waals surface area (Å²) >= 11 is 0. The molecule has 1 aromatic heterocycles. The lowest BCUT2D eigenvalue weighted by Gasteiger charge is -2.33. The molecule has 148 valence electrons. The molecule has 2 rings (SSSR count). The molecule has 0 spiro atoms. The number of hydrogen-bond acceptors (Lipinski definition) is 4. The summed E-state index contributed by atoms with van der Waals surface area (Å²) in [7, 11) is 4.12. The fourth-order valence-electron chi connectivity index (χ4n) is 3.49. The lowest BCUT2D eigenvalue weighted by atomic mass is 10.0. The molecule has 1 aliphatic rings. The third-order valence-electron chi connectivity index (χ3n) is 5.12. The first-order chi connectivity index (χ1) is 12.6. The van der Waals surface area contributed by atoms with Gasteiger partial charge in [-0.15, -0.1) is 0 Å². The fourth-order valence-corrected chi connectivity index (χ4v) is 3.49.